The number of halogens is 1. The number of benzene rings is 2. The maximum atomic E-state index is 11.8. The second kappa shape index (κ2) is 6.12. The van der Waals surface area contributed by atoms with Gasteiger partial charge in [0.05, 0.1) is 24.4 Å². The highest BCUT2D eigenvalue weighted by Gasteiger charge is 2.53. The van der Waals surface area contributed by atoms with Gasteiger partial charge in [-0.15, -0.1) is 0 Å². The lowest BCUT2D eigenvalue weighted by atomic mass is 9.68. The van der Waals surface area contributed by atoms with E-state index in [4.69, 9.17) is 4.74 Å². The van der Waals surface area contributed by atoms with Crippen LogP contribution in [0.15, 0.2) is 46.9 Å². The lowest BCUT2D eigenvalue weighted by Crippen LogP contribution is -2.35. The second-order valence-corrected chi connectivity index (χ2v) is 8.73. The van der Waals surface area contributed by atoms with Gasteiger partial charge < -0.3 is 10.1 Å². The maximum Gasteiger partial charge on any atom is 0.337 e. The number of fused-ring (bicyclic) bond motifs is 7. The lowest BCUT2D eigenvalue weighted by Gasteiger charge is -2.44. The zero-order chi connectivity index (χ0) is 17.8. The molecule has 2 bridgehead atoms. The number of para-hydroxylation sites is 1. The van der Waals surface area contributed by atoms with Crippen LogP contribution in [0, 0.1) is 17.8 Å². The summed E-state index contributed by atoms with van der Waals surface area (Å²) in [5.74, 6) is 2.62. The van der Waals surface area contributed by atoms with Crippen molar-refractivity contribution in [2.24, 2.45) is 17.8 Å². The minimum Gasteiger partial charge on any atom is -0.465 e. The molecule has 0 saturated heterocycles. The number of hydrogen-bond acceptors (Lipinski definition) is 3. The predicted molar refractivity (Wildman–Crippen MR) is 105 cm³/mol. The van der Waals surface area contributed by atoms with E-state index in [9.17, 15) is 4.79 Å². The van der Waals surface area contributed by atoms with E-state index in [1.54, 1.807) is 0 Å². The SMILES string of the molecule is COC(=O)c1ccc([C@@H]2Nc3c(Br)cccc3[C@@H]3[C@H]4CC[C@@H](C4)[C@@H]32)cc1. The molecule has 2 saturated carbocycles. The fourth-order valence-electron chi connectivity index (χ4n) is 5.75. The molecule has 1 heterocycles. The summed E-state index contributed by atoms with van der Waals surface area (Å²) >= 11 is 3.75. The zero-order valence-corrected chi connectivity index (χ0v) is 16.3. The fourth-order valence-corrected chi connectivity index (χ4v) is 6.25. The van der Waals surface area contributed by atoms with Gasteiger partial charge >= 0.3 is 5.97 Å². The highest BCUT2D eigenvalue weighted by molar-refractivity contribution is 9.10. The Labute approximate surface area is 162 Å². The first-order valence-electron chi connectivity index (χ1n) is 9.40. The van der Waals surface area contributed by atoms with E-state index in [0.29, 0.717) is 23.4 Å². The molecule has 2 aliphatic carbocycles. The van der Waals surface area contributed by atoms with Crippen LogP contribution in [-0.2, 0) is 4.74 Å². The summed E-state index contributed by atoms with van der Waals surface area (Å²) in [4.78, 5) is 11.8. The van der Waals surface area contributed by atoms with Gasteiger partial charge in [-0.2, -0.15) is 0 Å². The van der Waals surface area contributed by atoms with Gasteiger partial charge in [0, 0.05) is 4.47 Å². The Morgan fingerprint density at radius 1 is 1.12 bits per heavy atom. The van der Waals surface area contributed by atoms with Crippen LogP contribution >= 0.6 is 15.9 Å². The second-order valence-electron chi connectivity index (χ2n) is 7.88. The molecule has 26 heavy (non-hydrogen) atoms. The van der Waals surface area contributed by atoms with Gasteiger partial charge in [-0.3, -0.25) is 0 Å². The first kappa shape index (κ1) is 16.4. The van der Waals surface area contributed by atoms with Gasteiger partial charge in [-0.05, 0) is 88.2 Å². The molecule has 2 aromatic carbocycles. The third-order valence-electron chi connectivity index (χ3n) is 6.76. The number of carbonyl (C=O) groups is 1. The smallest absolute Gasteiger partial charge is 0.337 e. The Balaban J connectivity index is 1.57. The minimum absolute atomic E-state index is 0.279. The van der Waals surface area contributed by atoms with Gasteiger partial charge in [0.2, 0.25) is 0 Å². The summed E-state index contributed by atoms with van der Waals surface area (Å²) in [6.45, 7) is 0. The molecule has 1 aliphatic heterocycles. The van der Waals surface area contributed by atoms with E-state index < -0.39 is 0 Å². The molecule has 0 unspecified atom stereocenters. The van der Waals surface area contributed by atoms with Crippen LogP contribution < -0.4 is 5.32 Å². The summed E-state index contributed by atoms with van der Waals surface area (Å²) in [5, 5.41) is 3.84. The number of esters is 1. The van der Waals surface area contributed by atoms with Crippen molar-refractivity contribution < 1.29 is 9.53 Å². The van der Waals surface area contributed by atoms with Gasteiger partial charge in [0.25, 0.3) is 0 Å². The number of anilines is 1. The molecule has 4 heteroatoms. The molecule has 3 nitrogen and oxygen atoms in total. The van der Waals surface area contributed by atoms with Crippen LogP contribution in [0.3, 0.4) is 0 Å². The van der Waals surface area contributed by atoms with Crippen molar-refractivity contribution in [2.45, 2.75) is 31.2 Å². The molecule has 2 fully saturated rings. The minimum atomic E-state index is -0.279. The van der Waals surface area contributed by atoms with Crippen LogP contribution in [0.1, 0.15) is 52.7 Å². The van der Waals surface area contributed by atoms with Crippen LogP contribution in [0.2, 0.25) is 0 Å². The summed E-state index contributed by atoms with van der Waals surface area (Å²) < 4.78 is 5.98. The third-order valence-corrected chi connectivity index (χ3v) is 7.42. The molecular formula is C22H22BrNO2. The van der Waals surface area contributed by atoms with Crippen molar-refractivity contribution in [3.05, 3.63) is 63.6 Å². The van der Waals surface area contributed by atoms with E-state index in [1.807, 2.05) is 12.1 Å². The Morgan fingerprint density at radius 2 is 1.88 bits per heavy atom. The summed E-state index contributed by atoms with van der Waals surface area (Å²) in [7, 11) is 1.42. The number of carbonyl (C=O) groups excluding carboxylic acids is 1. The molecule has 134 valence electrons. The maximum absolute atomic E-state index is 11.8. The monoisotopic (exact) mass is 411 g/mol. The van der Waals surface area contributed by atoms with Crippen LogP contribution in [0.25, 0.3) is 0 Å². The van der Waals surface area contributed by atoms with Gasteiger partial charge in [-0.1, -0.05) is 24.3 Å². The summed E-state index contributed by atoms with van der Waals surface area (Å²) in [5.41, 5.74) is 4.61. The number of methoxy groups -OCH3 is 1. The van der Waals surface area contributed by atoms with Gasteiger partial charge in [0.1, 0.15) is 0 Å². The summed E-state index contributed by atoms with van der Waals surface area (Å²) in [6, 6.07) is 14.9. The van der Waals surface area contributed by atoms with Crippen molar-refractivity contribution in [2.75, 3.05) is 12.4 Å². The molecule has 0 amide bonds. The van der Waals surface area contributed by atoms with Crippen molar-refractivity contribution in [3.63, 3.8) is 0 Å². The Bertz CT molecular complexity index is 863. The first-order chi connectivity index (χ1) is 12.7. The predicted octanol–water partition coefficient (Wildman–Crippen LogP) is 5.53. The van der Waals surface area contributed by atoms with Crippen LogP contribution in [0.4, 0.5) is 5.69 Å². The topological polar surface area (TPSA) is 38.3 Å². The van der Waals surface area contributed by atoms with Crippen molar-refractivity contribution in [1.82, 2.24) is 0 Å². The van der Waals surface area contributed by atoms with E-state index in [2.05, 4.69) is 51.6 Å². The number of rotatable bonds is 2. The Hall–Kier alpha value is -1.81. The molecule has 0 spiro atoms. The largest absolute Gasteiger partial charge is 0.465 e. The zero-order valence-electron chi connectivity index (χ0n) is 14.7. The van der Waals surface area contributed by atoms with E-state index in [0.717, 1.165) is 16.3 Å². The molecule has 2 aromatic rings. The number of ether oxygens (including phenoxy) is 1. The number of hydrogen-bond donors (Lipinski definition) is 1. The quantitative estimate of drug-likeness (QED) is 0.659. The molecule has 5 atom stereocenters. The van der Waals surface area contributed by atoms with Gasteiger partial charge in [-0.25, -0.2) is 4.79 Å². The van der Waals surface area contributed by atoms with E-state index in [-0.39, 0.29) is 5.97 Å². The third kappa shape index (κ3) is 2.34. The molecular weight excluding hydrogens is 390 g/mol. The molecule has 1 N–H and O–H groups in total. The highest BCUT2D eigenvalue weighted by atomic mass is 79.9. The lowest BCUT2D eigenvalue weighted by molar-refractivity contribution is 0.0600. The fraction of sp³-hybridized carbons (Fsp3) is 0.409. The summed E-state index contributed by atoms with van der Waals surface area (Å²) in [6.07, 6.45) is 4.08. The van der Waals surface area contributed by atoms with Crippen molar-refractivity contribution >= 4 is 27.6 Å². The van der Waals surface area contributed by atoms with Crippen molar-refractivity contribution in [3.8, 4) is 0 Å². The van der Waals surface area contributed by atoms with Crippen LogP contribution in [-0.4, -0.2) is 13.1 Å². The Morgan fingerprint density at radius 3 is 2.65 bits per heavy atom. The van der Waals surface area contributed by atoms with Gasteiger partial charge in [0.15, 0.2) is 0 Å². The molecule has 0 aromatic heterocycles. The van der Waals surface area contributed by atoms with E-state index >= 15 is 0 Å². The van der Waals surface area contributed by atoms with Crippen molar-refractivity contribution in [1.29, 1.82) is 0 Å². The Kier molecular flexibility index (Phi) is 3.85. The molecule has 3 aliphatic rings. The molecule has 0 radical (unpaired) electrons. The standard InChI is InChI=1S/C22H22BrNO2/c1-26-22(25)13-7-5-12(6-8-13)20-19-15-10-9-14(11-15)18(19)16-3-2-4-17(23)21(16)24-20/h2-8,14-15,18-20,24H,9-11H2,1H3/t14-,15-,18-,19-,20-/m0/s1. The highest BCUT2D eigenvalue weighted by Crippen LogP contribution is 2.64. The van der Waals surface area contributed by atoms with Crippen LogP contribution in [0.5, 0.6) is 0 Å². The van der Waals surface area contributed by atoms with E-state index in [1.165, 1.54) is 43.2 Å². The average Bonchev–Trinajstić information content (AvgIpc) is 3.30. The average molecular weight is 412 g/mol. The number of nitrogens with one attached hydrogen (secondary N) is 1. The first-order valence-corrected chi connectivity index (χ1v) is 10.2. The molecule has 5 rings (SSSR count). The normalized spacial score (nSPS) is 31.1.